The van der Waals surface area contributed by atoms with Crippen LogP contribution in [0, 0.1) is 5.92 Å². The second kappa shape index (κ2) is 2.19. The number of hydrogen-bond acceptors (Lipinski definition) is 3. The van der Waals surface area contributed by atoms with Crippen molar-refractivity contribution in [2.24, 2.45) is 5.92 Å². The highest BCUT2D eigenvalue weighted by atomic mass is 16.3. The number of hydrogen-bond donors (Lipinski definition) is 1. The Morgan fingerprint density at radius 3 is 2.00 bits per heavy atom. The predicted octanol–water partition coefficient (Wildman–Crippen LogP) is -0.470. The summed E-state index contributed by atoms with van der Waals surface area (Å²) < 4.78 is 0. The molecule has 2 rings (SSSR count). The average molecular weight is 142 g/mol. The molecule has 58 valence electrons. The molecule has 0 bridgehead atoms. The Balaban J connectivity index is 1.72. The van der Waals surface area contributed by atoms with Crippen molar-refractivity contribution in [1.82, 2.24) is 10.0 Å². The van der Waals surface area contributed by atoms with Crippen LogP contribution in [0.1, 0.15) is 6.92 Å². The Morgan fingerprint density at radius 2 is 1.60 bits per heavy atom. The number of nitrogens with zero attached hydrogens (tertiary/aromatic N) is 2. The lowest BCUT2D eigenvalue weighted by Crippen LogP contribution is -2.65. The first-order valence-corrected chi connectivity index (χ1v) is 3.93. The van der Waals surface area contributed by atoms with E-state index in [1.165, 1.54) is 13.1 Å². The van der Waals surface area contributed by atoms with Crippen molar-refractivity contribution >= 4 is 0 Å². The van der Waals surface area contributed by atoms with Crippen LogP contribution >= 0.6 is 0 Å². The van der Waals surface area contributed by atoms with Gasteiger partial charge in [0.1, 0.15) is 0 Å². The molecule has 0 aromatic heterocycles. The highest BCUT2D eigenvalue weighted by molar-refractivity contribution is 4.83. The van der Waals surface area contributed by atoms with E-state index in [9.17, 15) is 0 Å². The van der Waals surface area contributed by atoms with Gasteiger partial charge in [-0.2, -0.15) is 0 Å². The molecule has 0 spiro atoms. The summed E-state index contributed by atoms with van der Waals surface area (Å²) in [7, 11) is 0. The smallest absolute Gasteiger partial charge is 0.0822 e. The quantitative estimate of drug-likeness (QED) is 0.536. The topological polar surface area (TPSA) is 26.7 Å². The number of β-amino-alcohol motifs (C(OH)–C–C–N with tert-alkyl or cyclic N) is 1. The van der Waals surface area contributed by atoms with E-state index in [0.717, 1.165) is 19.0 Å². The van der Waals surface area contributed by atoms with Crippen molar-refractivity contribution in [3.63, 3.8) is 0 Å². The van der Waals surface area contributed by atoms with Crippen LogP contribution in [0.5, 0.6) is 0 Å². The molecule has 0 amide bonds. The van der Waals surface area contributed by atoms with E-state index >= 15 is 0 Å². The minimum atomic E-state index is -0.0593. The zero-order valence-electron chi connectivity index (χ0n) is 6.32. The van der Waals surface area contributed by atoms with Crippen molar-refractivity contribution in [1.29, 1.82) is 0 Å². The van der Waals surface area contributed by atoms with Crippen molar-refractivity contribution in [3.8, 4) is 0 Å². The normalized spacial score (nSPS) is 31.8. The highest BCUT2D eigenvalue weighted by Gasteiger charge is 2.35. The molecule has 0 aromatic rings. The van der Waals surface area contributed by atoms with Crippen LogP contribution in [0.4, 0.5) is 0 Å². The Labute approximate surface area is 61.2 Å². The third-order valence-corrected chi connectivity index (χ3v) is 2.29. The van der Waals surface area contributed by atoms with E-state index in [4.69, 9.17) is 5.11 Å². The maximum absolute atomic E-state index is 8.98. The second-order valence-electron chi connectivity index (χ2n) is 3.50. The molecule has 0 radical (unpaired) electrons. The van der Waals surface area contributed by atoms with Gasteiger partial charge in [-0.15, -0.1) is 0 Å². The van der Waals surface area contributed by atoms with Gasteiger partial charge in [-0.25, -0.2) is 10.0 Å². The van der Waals surface area contributed by atoms with E-state index < -0.39 is 0 Å². The lowest BCUT2D eigenvalue weighted by molar-refractivity contribution is -0.179. The molecular formula is C7H14N2O. The van der Waals surface area contributed by atoms with E-state index in [2.05, 4.69) is 16.9 Å². The van der Waals surface area contributed by atoms with Crippen LogP contribution < -0.4 is 0 Å². The van der Waals surface area contributed by atoms with Crippen molar-refractivity contribution in [2.75, 3.05) is 26.2 Å². The molecule has 0 unspecified atom stereocenters. The lowest BCUT2D eigenvalue weighted by Gasteiger charge is -2.50. The van der Waals surface area contributed by atoms with Gasteiger partial charge in [-0.1, -0.05) is 6.92 Å². The molecule has 3 nitrogen and oxygen atoms in total. The Hall–Kier alpha value is -0.120. The SMILES string of the molecule is CC1CN(N2CC(O)C2)C1. The summed E-state index contributed by atoms with van der Waals surface area (Å²) in [5, 5.41) is 13.5. The molecule has 0 saturated carbocycles. The Bertz CT molecular complexity index is 112. The van der Waals surface area contributed by atoms with Gasteiger partial charge in [0, 0.05) is 26.2 Å². The van der Waals surface area contributed by atoms with Crippen molar-refractivity contribution in [3.05, 3.63) is 0 Å². The predicted molar refractivity (Wildman–Crippen MR) is 38.3 cm³/mol. The van der Waals surface area contributed by atoms with Gasteiger partial charge in [-0.3, -0.25) is 0 Å². The first kappa shape index (κ1) is 6.58. The molecule has 0 aromatic carbocycles. The molecule has 3 heteroatoms. The molecule has 0 aliphatic carbocycles. The second-order valence-corrected chi connectivity index (χ2v) is 3.50. The fourth-order valence-electron chi connectivity index (χ4n) is 1.56. The zero-order valence-corrected chi connectivity index (χ0v) is 6.32. The van der Waals surface area contributed by atoms with Crippen LogP contribution in [0.15, 0.2) is 0 Å². The molecule has 2 aliphatic heterocycles. The maximum atomic E-state index is 8.98. The molecule has 0 atom stereocenters. The number of aliphatic hydroxyl groups is 1. The summed E-state index contributed by atoms with van der Waals surface area (Å²) in [4.78, 5) is 0. The Kier molecular flexibility index (Phi) is 1.44. The van der Waals surface area contributed by atoms with Crippen molar-refractivity contribution in [2.45, 2.75) is 13.0 Å². The van der Waals surface area contributed by atoms with Crippen LogP contribution in [0.25, 0.3) is 0 Å². The Morgan fingerprint density at radius 1 is 1.10 bits per heavy atom. The minimum absolute atomic E-state index is 0.0593. The maximum Gasteiger partial charge on any atom is 0.0822 e. The number of aliphatic hydroxyl groups excluding tert-OH is 1. The summed E-state index contributed by atoms with van der Waals surface area (Å²) >= 11 is 0. The van der Waals surface area contributed by atoms with Gasteiger partial charge in [0.05, 0.1) is 6.10 Å². The van der Waals surface area contributed by atoms with Gasteiger partial charge in [0.25, 0.3) is 0 Å². The highest BCUT2D eigenvalue weighted by Crippen LogP contribution is 2.21. The molecular weight excluding hydrogens is 128 g/mol. The molecule has 2 aliphatic rings. The molecule has 2 fully saturated rings. The van der Waals surface area contributed by atoms with Gasteiger partial charge in [0.2, 0.25) is 0 Å². The van der Waals surface area contributed by atoms with Gasteiger partial charge >= 0.3 is 0 Å². The van der Waals surface area contributed by atoms with E-state index in [-0.39, 0.29) is 6.10 Å². The largest absolute Gasteiger partial charge is 0.390 e. The van der Waals surface area contributed by atoms with Crippen molar-refractivity contribution < 1.29 is 5.11 Å². The average Bonchev–Trinajstić information content (AvgIpc) is 1.74. The number of hydrazine groups is 1. The van der Waals surface area contributed by atoms with E-state index in [0.29, 0.717) is 0 Å². The summed E-state index contributed by atoms with van der Waals surface area (Å²) in [6.07, 6.45) is -0.0593. The monoisotopic (exact) mass is 142 g/mol. The van der Waals surface area contributed by atoms with Crippen LogP contribution in [0.3, 0.4) is 0 Å². The van der Waals surface area contributed by atoms with E-state index in [1.54, 1.807) is 0 Å². The fraction of sp³-hybridized carbons (Fsp3) is 1.00. The van der Waals surface area contributed by atoms with Crippen LogP contribution in [0.2, 0.25) is 0 Å². The van der Waals surface area contributed by atoms with Gasteiger partial charge in [0.15, 0.2) is 0 Å². The van der Waals surface area contributed by atoms with E-state index in [1.807, 2.05) is 0 Å². The molecule has 10 heavy (non-hydrogen) atoms. The number of rotatable bonds is 1. The molecule has 2 saturated heterocycles. The standard InChI is InChI=1S/C7H14N2O/c1-6-2-8(3-6)9-4-7(10)5-9/h6-7,10H,2-5H2,1H3. The van der Waals surface area contributed by atoms with Gasteiger partial charge in [-0.05, 0) is 5.92 Å². The molecule has 2 heterocycles. The minimum Gasteiger partial charge on any atom is -0.390 e. The summed E-state index contributed by atoms with van der Waals surface area (Å²) in [5.74, 6) is 0.859. The zero-order chi connectivity index (χ0) is 7.14. The van der Waals surface area contributed by atoms with Crippen LogP contribution in [-0.4, -0.2) is 47.4 Å². The first-order chi connectivity index (χ1) is 4.75. The third kappa shape index (κ3) is 0.944. The van der Waals surface area contributed by atoms with Crippen LogP contribution in [-0.2, 0) is 0 Å². The fourth-order valence-corrected chi connectivity index (χ4v) is 1.56. The van der Waals surface area contributed by atoms with Gasteiger partial charge < -0.3 is 5.11 Å². The summed E-state index contributed by atoms with van der Waals surface area (Å²) in [5.41, 5.74) is 0. The first-order valence-electron chi connectivity index (χ1n) is 3.93. The lowest BCUT2D eigenvalue weighted by atomic mass is 10.0. The summed E-state index contributed by atoms with van der Waals surface area (Å²) in [6, 6.07) is 0. The summed E-state index contributed by atoms with van der Waals surface area (Å²) in [6.45, 7) is 6.34. The molecule has 1 N–H and O–H groups in total. The third-order valence-electron chi connectivity index (χ3n) is 2.29.